The number of carbonyl (C=O) groups excluding carboxylic acids is 2. The normalized spacial score (nSPS) is 14.1. The van der Waals surface area contributed by atoms with Gasteiger partial charge in [0.25, 0.3) is 7.52 Å². The van der Waals surface area contributed by atoms with Crippen molar-refractivity contribution in [3.8, 4) is 0 Å². The summed E-state index contributed by atoms with van der Waals surface area (Å²) in [6, 6.07) is 18.7. The molecule has 0 aliphatic carbocycles. The van der Waals surface area contributed by atoms with E-state index in [0.29, 0.717) is 12.0 Å². The molecule has 0 radical (unpaired) electrons. The number of carboxylic acids is 1. The topological polar surface area (TPSA) is 133 Å². The molecule has 11 heteroatoms. The molecule has 0 aliphatic rings. The van der Waals surface area contributed by atoms with Crippen molar-refractivity contribution < 1.29 is 83.3 Å². The fourth-order valence-electron chi connectivity index (χ4n) is 4.60. The number of aromatic nitrogens is 1. The monoisotopic (exact) mass is 579 g/mol. The van der Waals surface area contributed by atoms with Gasteiger partial charge in [-0.1, -0.05) is 86.1 Å². The first-order valence-electron chi connectivity index (χ1n) is 12.7. The molecule has 0 aliphatic heterocycles. The minimum Gasteiger partial charge on any atom is -0.663 e. The first kappa shape index (κ1) is 34.7. The predicted molar refractivity (Wildman–Crippen MR) is 147 cm³/mol. The molecule has 1 aromatic heterocycles. The van der Waals surface area contributed by atoms with E-state index in [1.807, 2.05) is 80.6 Å². The average molecular weight is 580 g/mol. The van der Waals surface area contributed by atoms with Crippen LogP contribution >= 0.6 is 7.52 Å². The fourth-order valence-corrected chi connectivity index (χ4v) is 6.00. The molecule has 1 amide bonds. The molecule has 0 saturated carbocycles. The molecule has 4 rings (SSSR count). The summed E-state index contributed by atoms with van der Waals surface area (Å²) in [7, 11) is -3.92. The third kappa shape index (κ3) is 9.55. The van der Waals surface area contributed by atoms with Gasteiger partial charge in [0.15, 0.2) is 0 Å². The summed E-state index contributed by atoms with van der Waals surface area (Å²) in [4.78, 5) is 40.1. The van der Waals surface area contributed by atoms with Crippen LogP contribution in [0.15, 0.2) is 72.9 Å². The van der Waals surface area contributed by atoms with Crippen molar-refractivity contribution in [3.63, 3.8) is 0 Å². The first-order chi connectivity index (χ1) is 18.1. The number of nitrogens with one attached hydrogen (secondary N) is 2. The Hall–Kier alpha value is -1.45. The number of hydrogen-bond acceptors (Lipinski definition) is 4. The number of hydrogen-bond donors (Lipinski definition) is 3. The van der Waals surface area contributed by atoms with Gasteiger partial charge in [-0.3, -0.25) is 9.36 Å². The molecule has 1 unspecified atom stereocenters. The van der Waals surface area contributed by atoms with Gasteiger partial charge in [-0.05, 0) is 46.9 Å². The van der Waals surface area contributed by atoms with Gasteiger partial charge in [0.1, 0.15) is 0 Å². The Kier molecular flexibility index (Phi) is 13.6. The summed E-state index contributed by atoms with van der Waals surface area (Å²) in [5.74, 6) is -2.07. The van der Waals surface area contributed by atoms with Gasteiger partial charge < -0.3 is 25.1 Å². The Labute approximate surface area is 278 Å². The molecular formula is C29H32N3Na2O5P. The van der Waals surface area contributed by atoms with Crippen LogP contribution in [0.1, 0.15) is 31.4 Å². The Morgan fingerprint density at radius 2 is 1.65 bits per heavy atom. The number of fused-ring (bicyclic) bond motifs is 2. The van der Waals surface area contributed by atoms with Crippen molar-refractivity contribution in [1.29, 1.82) is 0 Å². The van der Waals surface area contributed by atoms with Crippen molar-refractivity contribution in [2.24, 2.45) is 5.92 Å². The van der Waals surface area contributed by atoms with Crippen LogP contribution in [0.3, 0.4) is 0 Å². The standard InChI is InChI=1S/C29H33N3O5P.2Na/c1-19(2)15-26(32-38(36,37)14-13-20-11-12-21-7-3-4-8-22(21)16-20)28(33)31-27(29(34)35)17-23-18-30-25-10-6-5-9-24(23)25;;/h3-12,16,18-19,26-27H,13-15,17H2,1-2H3,(H,31,33)(H,34,35)(H2,32,36,37);;/q-1;2*+1/p-1/t26-,27-;;/m0../s1. The fraction of sp³-hybridized carbons (Fsp3) is 0.310. The Balaban J connectivity index is 0.00000280. The van der Waals surface area contributed by atoms with E-state index in [4.69, 9.17) is 0 Å². The molecule has 40 heavy (non-hydrogen) atoms. The summed E-state index contributed by atoms with van der Waals surface area (Å²) >= 11 is 0. The molecule has 0 fully saturated rings. The van der Waals surface area contributed by atoms with E-state index in [9.17, 15) is 24.2 Å². The predicted octanol–water partition coefficient (Wildman–Crippen LogP) is -2.83. The summed E-state index contributed by atoms with van der Waals surface area (Å²) < 4.78 is 13.1. The van der Waals surface area contributed by atoms with Crippen LogP contribution in [-0.4, -0.2) is 35.0 Å². The summed E-state index contributed by atoms with van der Waals surface area (Å²) in [6.45, 7) is 3.77. The van der Waals surface area contributed by atoms with Crippen LogP contribution in [0.25, 0.3) is 21.7 Å². The summed E-state index contributed by atoms with van der Waals surface area (Å²) in [5.41, 5.74) is 2.32. The molecule has 3 atom stereocenters. The smallest absolute Gasteiger partial charge is 0.663 e. The first-order valence-corrected chi connectivity index (χ1v) is 14.5. The van der Waals surface area contributed by atoms with Gasteiger partial charge >= 0.3 is 59.1 Å². The van der Waals surface area contributed by atoms with Gasteiger partial charge in [-0.25, -0.2) is 5.09 Å². The second-order valence-corrected chi connectivity index (χ2v) is 12.2. The number of aliphatic carboxylic acids is 1. The average Bonchev–Trinajstić information content (AvgIpc) is 3.29. The van der Waals surface area contributed by atoms with E-state index in [1.165, 1.54) is 0 Å². The maximum atomic E-state index is 13.2. The van der Waals surface area contributed by atoms with E-state index < -0.39 is 31.5 Å². The van der Waals surface area contributed by atoms with Crippen LogP contribution in [0, 0.1) is 5.92 Å². The van der Waals surface area contributed by atoms with Gasteiger partial charge in [0.2, 0.25) is 5.91 Å². The molecule has 4 aromatic rings. The number of para-hydroxylation sites is 1. The number of aryl methyl sites for hydroxylation is 1. The zero-order valence-corrected chi connectivity index (χ0v) is 28.4. The number of nitrogens with zero attached hydrogens (tertiary/aromatic N) is 1. The number of carbonyl (C=O) groups is 2. The third-order valence-corrected chi connectivity index (χ3v) is 8.08. The van der Waals surface area contributed by atoms with Crippen LogP contribution in [-0.2, 0) is 27.0 Å². The number of carboxylic acid groups (broad SMARTS) is 1. The van der Waals surface area contributed by atoms with Crippen molar-refractivity contribution in [2.75, 3.05) is 6.16 Å². The van der Waals surface area contributed by atoms with E-state index >= 15 is 0 Å². The Morgan fingerprint density at radius 1 is 0.975 bits per heavy atom. The summed E-state index contributed by atoms with van der Waals surface area (Å²) in [6.07, 6.45) is 2.11. The molecule has 0 spiro atoms. The maximum absolute atomic E-state index is 13.2. The van der Waals surface area contributed by atoms with Crippen LogP contribution < -0.4 is 79.6 Å². The van der Waals surface area contributed by atoms with Crippen LogP contribution in [0.5, 0.6) is 0 Å². The number of benzene rings is 3. The quantitative estimate of drug-likeness (QED) is 0.122. The molecule has 3 aromatic carbocycles. The van der Waals surface area contributed by atoms with Gasteiger partial charge in [-0.15, -0.1) is 5.52 Å². The molecule has 8 nitrogen and oxygen atoms in total. The zero-order valence-electron chi connectivity index (χ0n) is 23.5. The molecular weight excluding hydrogens is 547 g/mol. The zero-order chi connectivity index (χ0) is 27.3. The molecule has 0 bridgehead atoms. The Morgan fingerprint density at radius 3 is 2.35 bits per heavy atom. The van der Waals surface area contributed by atoms with Crippen molar-refractivity contribution >= 4 is 41.1 Å². The van der Waals surface area contributed by atoms with Crippen molar-refractivity contribution in [2.45, 2.75) is 45.2 Å². The molecule has 1 heterocycles. The van der Waals surface area contributed by atoms with Gasteiger partial charge in [0, 0.05) is 6.16 Å². The van der Waals surface area contributed by atoms with Gasteiger partial charge in [0.05, 0.1) is 18.1 Å². The number of amides is 1. The minimum atomic E-state index is -3.92. The third-order valence-electron chi connectivity index (χ3n) is 6.53. The maximum Gasteiger partial charge on any atom is 1.00 e. The molecule has 200 valence electrons. The SMILES string of the molecule is CC(C)C[C@H](NP(=O)(O)CCc1ccc2ccccc2c1)C(=O)N[C@@H](Cc1c[n-]c2ccccc12)C(=O)[O-].[Na+].[Na+]. The molecule has 3 N–H and O–H groups in total. The Bertz CT molecular complexity index is 1490. The van der Waals surface area contributed by atoms with E-state index in [2.05, 4.69) is 15.4 Å². The largest absolute Gasteiger partial charge is 1.00 e. The minimum absolute atomic E-state index is 0. The van der Waals surface area contributed by atoms with Crippen molar-refractivity contribution in [3.05, 3.63) is 84.1 Å². The van der Waals surface area contributed by atoms with E-state index in [-0.39, 0.29) is 84.0 Å². The number of rotatable bonds is 12. The second-order valence-electron chi connectivity index (χ2n) is 10.1. The second kappa shape index (κ2) is 15.7. The molecule has 0 saturated heterocycles. The van der Waals surface area contributed by atoms with Gasteiger partial charge in [-0.2, -0.15) is 6.20 Å². The van der Waals surface area contributed by atoms with Crippen LogP contribution in [0.4, 0.5) is 0 Å². The van der Waals surface area contributed by atoms with E-state index in [0.717, 1.165) is 27.2 Å². The summed E-state index contributed by atoms with van der Waals surface area (Å²) in [5, 5.41) is 20.0. The van der Waals surface area contributed by atoms with E-state index in [1.54, 1.807) is 6.20 Å². The van der Waals surface area contributed by atoms with Crippen molar-refractivity contribution in [1.82, 2.24) is 15.4 Å². The van der Waals surface area contributed by atoms with Crippen LogP contribution in [0.2, 0.25) is 0 Å².